The molecule has 0 aromatic heterocycles. The molecule has 0 N–H and O–H groups in total. The Morgan fingerprint density at radius 3 is 2.23 bits per heavy atom. The summed E-state index contributed by atoms with van der Waals surface area (Å²) in [4.78, 5) is 17.6. The number of nitrogens with zero attached hydrogens (tertiary/aromatic N) is 3. The second kappa shape index (κ2) is 9.40. The van der Waals surface area contributed by atoms with Crippen LogP contribution in [0, 0.1) is 0 Å². The van der Waals surface area contributed by atoms with Crippen LogP contribution >= 0.6 is 0 Å². The summed E-state index contributed by atoms with van der Waals surface area (Å²) in [6.45, 7) is 3.35. The van der Waals surface area contributed by atoms with Gasteiger partial charge in [-0.05, 0) is 49.4 Å². The van der Waals surface area contributed by atoms with E-state index in [0.717, 1.165) is 56.4 Å². The SMILES string of the molecule is CN(Cc1ccccc1)C(=O)c1cc(S(=O)(=O)N2CCCCC2)ccc1N1CCCC1. The minimum absolute atomic E-state index is 0.151. The van der Waals surface area contributed by atoms with Crippen molar-refractivity contribution in [2.45, 2.75) is 43.5 Å². The van der Waals surface area contributed by atoms with E-state index in [4.69, 9.17) is 0 Å². The highest BCUT2D eigenvalue weighted by atomic mass is 32.2. The first-order valence-electron chi connectivity index (χ1n) is 11.2. The van der Waals surface area contributed by atoms with E-state index in [1.165, 1.54) is 0 Å². The number of carbonyl (C=O) groups excluding carboxylic acids is 1. The summed E-state index contributed by atoms with van der Waals surface area (Å²) in [6, 6.07) is 14.9. The van der Waals surface area contributed by atoms with Gasteiger partial charge in [0.2, 0.25) is 10.0 Å². The van der Waals surface area contributed by atoms with Crippen molar-refractivity contribution in [1.29, 1.82) is 0 Å². The van der Waals surface area contributed by atoms with Crippen LogP contribution in [0.2, 0.25) is 0 Å². The summed E-state index contributed by atoms with van der Waals surface area (Å²) in [6.07, 6.45) is 5.00. The standard InChI is InChI=1S/C24H31N3O3S/c1-25(19-20-10-4-2-5-11-20)24(28)22-18-21(12-13-23(22)26-14-8-9-15-26)31(29,30)27-16-6-3-7-17-27/h2,4-5,10-13,18H,3,6-9,14-17,19H2,1H3. The highest BCUT2D eigenvalue weighted by molar-refractivity contribution is 7.89. The van der Waals surface area contributed by atoms with Gasteiger partial charge >= 0.3 is 0 Å². The lowest BCUT2D eigenvalue weighted by Gasteiger charge is -2.28. The zero-order valence-corrected chi connectivity index (χ0v) is 19.0. The minimum Gasteiger partial charge on any atom is -0.371 e. The van der Waals surface area contributed by atoms with E-state index >= 15 is 0 Å². The van der Waals surface area contributed by atoms with Gasteiger partial charge in [0.25, 0.3) is 5.91 Å². The van der Waals surface area contributed by atoms with Gasteiger partial charge in [0, 0.05) is 45.5 Å². The summed E-state index contributed by atoms with van der Waals surface area (Å²) in [5.41, 5.74) is 2.34. The maximum absolute atomic E-state index is 13.5. The molecule has 2 saturated heterocycles. The van der Waals surface area contributed by atoms with Crippen molar-refractivity contribution >= 4 is 21.6 Å². The largest absolute Gasteiger partial charge is 0.371 e. The molecule has 7 heteroatoms. The predicted molar refractivity (Wildman–Crippen MR) is 123 cm³/mol. The number of hydrogen-bond donors (Lipinski definition) is 0. The summed E-state index contributed by atoms with van der Waals surface area (Å²) in [7, 11) is -1.83. The van der Waals surface area contributed by atoms with E-state index < -0.39 is 10.0 Å². The Kier molecular flexibility index (Phi) is 6.62. The van der Waals surface area contributed by atoms with Gasteiger partial charge in [-0.1, -0.05) is 36.8 Å². The van der Waals surface area contributed by atoms with Gasteiger partial charge < -0.3 is 9.80 Å². The van der Waals surface area contributed by atoms with Crippen LogP contribution in [-0.2, 0) is 16.6 Å². The topological polar surface area (TPSA) is 60.9 Å². The first-order chi connectivity index (χ1) is 15.0. The summed E-state index contributed by atoms with van der Waals surface area (Å²) >= 11 is 0. The van der Waals surface area contributed by atoms with Crippen LogP contribution in [0.4, 0.5) is 5.69 Å². The average molecular weight is 442 g/mol. The Morgan fingerprint density at radius 2 is 1.55 bits per heavy atom. The third-order valence-electron chi connectivity index (χ3n) is 6.21. The highest BCUT2D eigenvalue weighted by Gasteiger charge is 2.29. The van der Waals surface area contributed by atoms with Gasteiger partial charge in [-0.2, -0.15) is 4.31 Å². The number of amides is 1. The first-order valence-corrected chi connectivity index (χ1v) is 12.6. The smallest absolute Gasteiger partial charge is 0.256 e. The van der Waals surface area contributed by atoms with Gasteiger partial charge in [0.15, 0.2) is 0 Å². The molecule has 1 amide bonds. The van der Waals surface area contributed by atoms with Crippen LogP contribution in [0.5, 0.6) is 0 Å². The second-order valence-electron chi connectivity index (χ2n) is 8.48. The van der Waals surface area contributed by atoms with Gasteiger partial charge in [0.05, 0.1) is 10.5 Å². The molecule has 2 heterocycles. The molecular weight excluding hydrogens is 410 g/mol. The van der Waals surface area contributed by atoms with Crippen molar-refractivity contribution in [2.75, 3.05) is 38.1 Å². The molecule has 2 aliphatic heterocycles. The predicted octanol–water partition coefficient (Wildman–Crippen LogP) is 3.73. The lowest BCUT2D eigenvalue weighted by Crippen LogP contribution is -2.36. The molecule has 0 radical (unpaired) electrons. The van der Waals surface area contributed by atoms with E-state index in [0.29, 0.717) is 25.2 Å². The fraction of sp³-hybridized carbons (Fsp3) is 0.458. The summed E-state index contributed by atoms with van der Waals surface area (Å²) in [5.74, 6) is -0.151. The van der Waals surface area contributed by atoms with Crippen LogP contribution in [0.3, 0.4) is 0 Å². The van der Waals surface area contributed by atoms with Gasteiger partial charge in [-0.25, -0.2) is 8.42 Å². The van der Waals surface area contributed by atoms with Crippen molar-refractivity contribution in [3.8, 4) is 0 Å². The highest BCUT2D eigenvalue weighted by Crippen LogP contribution is 2.30. The van der Waals surface area contributed by atoms with Crippen molar-refractivity contribution in [2.24, 2.45) is 0 Å². The number of sulfonamides is 1. The molecule has 166 valence electrons. The molecule has 2 aliphatic rings. The second-order valence-corrected chi connectivity index (χ2v) is 10.4. The third-order valence-corrected chi connectivity index (χ3v) is 8.10. The molecule has 2 aromatic rings. The van der Waals surface area contributed by atoms with Crippen LogP contribution in [0.15, 0.2) is 53.4 Å². The minimum atomic E-state index is -3.60. The monoisotopic (exact) mass is 441 g/mol. The number of piperidine rings is 1. The Labute approximate surface area is 185 Å². The molecule has 0 saturated carbocycles. The van der Waals surface area contributed by atoms with Crippen molar-refractivity contribution in [3.05, 3.63) is 59.7 Å². The lowest BCUT2D eigenvalue weighted by molar-refractivity contribution is 0.0785. The van der Waals surface area contributed by atoms with Crippen molar-refractivity contribution in [3.63, 3.8) is 0 Å². The number of anilines is 1. The van der Waals surface area contributed by atoms with Crippen molar-refractivity contribution < 1.29 is 13.2 Å². The maximum Gasteiger partial charge on any atom is 0.256 e. The molecule has 2 fully saturated rings. The lowest BCUT2D eigenvalue weighted by atomic mass is 10.1. The average Bonchev–Trinajstić information content (AvgIpc) is 3.34. The maximum atomic E-state index is 13.5. The Morgan fingerprint density at radius 1 is 0.903 bits per heavy atom. The molecule has 31 heavy (non-hydrogen) atoms. The van der Waals surface area contributed by atoms with Crippen LogP contribution < -0.4 is 4.90 Å². The molecule has 4 rings (SSSR count). The Balaban J connectivity index is 1.67. The van der Waals surface area contributed by atoms with Crippen molar-refractivity contribution in [1.82, 2.24) is 9.21 Å². The first kappa shape index (κ1) is 21.8. The summed E-state index contributed by atoms with van der Waals surface area (Å²) < 4.78 is 28.0. The molecule has 0 aliphatic carbocycles. The molecule has 0 atom stereocenters. The van der Waals surface area contributed by atoms with E-state index in [2.05, 4.69) is 4.90 Å². The van der Waals surface area contributed by atoms with E-state index in [1.807, 2.05) is 36.4 Å². The number of carbonyl (C=O) groups is 1. The number of benzene rings is 2. The number of hydrogen-bond acceptors (Lipinski definition) is 4. The molecule has 2 aromatic carbocycles. The molecular formula is C24H31N3O3S. The zero-order chi connectivity index (χ0) is 21.8. The quantitative estimate of drug-likeness (QED) is 0.685. The number of rotatable bonds is 6. The zero-order valence-electron chi connectivity index (χ0n) is 18.2. The van der Waals surface area contributed by atoms with E-state index in [-0.39, 0.29) is 10.8 Å². The fourth-order valence-electron chi connectivity index (χ4n) is 4.47. The van der Waals surface area contributed by atoms with E-state index in [1.54, 1.807) is 28.4 Å². The normalized spacial score (nSPS) is 17.6. The van der Waals surface area contributed by atoms with Crippen LogP contribution in [-0.4, -0.2) is 56.8 Å². The molecule has 6 nitrogen and oxygen atoms in total. The molecule has 0 spiro atoms. The fourth-order valence-corrected chi connectivity index (χ4v) is 6.01. The van der Waals surface area contributed by atoms with E-state index in [9.17, 15) is 13.2 Å². The summed E-state index contributed by atoms with van der Waals surface area (Å²) in [5, 5.41) is 0. The molecule has 0 unspecified atom stereocenters. The van der Waals surface area contributed by atoms with Crippen LogP contribution in [0.1, 0.15) is 48.0 Å². The third kappa shape index (κ3) is 4.77. The Bertz CT molecular complexity index is 1010. The van der Waals surface area contributed by atoms with Gasteiger partial charge in [0.1, 0.15) is 0 Å². The van der Waals surface area contributed by atoms with Gasteiger partial charge in [-0.15, -0.1) is 0 Å². The Hall–Kier alpha value is -2.38. The molecule has 0 bridgehead atoms. The van der Waals surface area contributed by atoms with Gasteiger partial charge in [-0.3, -0.25) is 4.79 Å². The van der Waals surface area contributed by atoms with Crippen LogP contribution in [0.25, 0.3) is 0 Å².